The van der Waals surface area contributed by atoms with Crippen molar-refractivity contribution in [2.45, 2.75) is 25.4 Å². The number of rotatable bonds is 3. The van der Waals surface area contributed by atoms with Gasteiger partial charge < -0.3 is 16.0 Å². The molecular weight excluding hydrogens is 366 g/mol. The maximum atomic E-state index is 13.6. The number of carbonyl (C=O) groups excluding carboxylic acids is 2. The van der Waals surface area contributed by atoms with Crippen LogP contribution in [0.2, 0.25) is 0 Å². The molecule has 1 aliphatic rings. The third kappa shape index (κ3) is 3.56. The van der Waals surface area contributed by atoms with Gasteiger partial charge in [0.25, 0.3) is 5.91 Å². The van der Waals surface area contributed by atoms with Crippen molar-refractivity contribution in [3.05, 3.63) is 59.9 Å². The molecule has 0 bridgehead atoms. The molecule has 0 radical (unpaired) electrons. The molecule has 29 heavy (non-hydrogen) atoms. The molecule has 3 heterocycles. The van der Waals surface area contributed by atoms with Crippen molar-refractivity contribution in [1.82, 2.24) is 20.2 Å². The molecule has 0 saturated carbocycles. The number of nitrogens with two attached hydrogens (primary N) is 1. The monoisotopic (exact) mass is 389 g/mol. The number of aryl methyl sites for hydroxylation is 1. The number of hydrogen-bond acceptors (Lipinski definition) is 5. The van der Waals surface area contributed by atoms with Crippen molar-refractivity contribution < 1.29 is 9.59 Å². The van der Waals surface area contributed by atoms with Crippen LogP contribution in [0.3, 0.4) is 0 Å². The zero-order valence-electron chi connectivity index (χ0n) is 16.4. The number of benzene rings is 1. The molecular formula is C22H23N5O2. The standard InChI is InChI=1S/C22H23N5O2/c1-13-5-6-18-16(8-13)17(10-19(26-18)14-4-3-7-25-11-14)22(29)27-12-15(23)9-20(27)21(28)24-2/h3-8,10-11,15,20H,9,12,23H2,1-2H3,(H,24,28)/t15-,20-/m0/s1. The van der Waals surface area contributed by atoms with Crippen LogP contribution in [-0.4, -0.2) is 52.4 Å². The third-order valence-corrected chi connectivity index (χ3v) is 5.30. The molecule has 2 atom stereocenters. The van der Waals surface area contributed by atoms with E-state index in [9.17, 15) is 9.59 Å². The van der Waals surface area contributed by atoms with Gasteiger partial charge in [0.1, 0.15) is 6.04 Å². The molecule has 2 aromatic heterocycles. The number of likely N-dealkylation sites (N-methyl/N-ethyl adjacent to an activating group) is 1. The summed E-state index contributed by atoms with van der Waals surface area (Å²) in [6.07, 6.45) is 3.86. The van der Waals surface area contributed by atoms with Gasteiger partial charge in [0.05, 0.1) is 16.8 Å². The van der Waals surface area contributed by atoms with Crippen LogP contribution in [0.5, 0.6) is 0 Å². The van der Waals surface area contributed by atoms with E-state index in [1.54, 1.807) is 30.4 Å². The lowest BCUT2D eigenvalue weighted by Crippen LogP contribution is -2.45. The summed E-state index contributed by atoms with van der Waals surface area (Å²) in [5.74, 6) is -0.414. The number of carbonyl (C=O) groups is 2. The highest BCUT2D eigenvalue weighted by molar-refractivity contribution is 6.08. The Hall–Kier alpha value is -3.32. The van der Waals surface area contributed by atoms with E-state index in [1.165, 1.54) is 0 Å². The van der Waals surface area contributed by atoms with Crippen molar-refractivity contribution in [2.75, 3.05) is 13.6 Å². The molecule has 148 valence electrons. The molecule has 1 aromatic carbocycles. The van der Waals surface area contributed by atoms with Crippen LogP contribution in [0.15, 0.2) is 48.8 Å². The van der Waals surface area contributed by atoms with E-state index in [0.717, 1.165) is 22.0 Å². The van der Waals surface area contributed by atoms with Crippen LogP contribution in [0.1, 0.15) is 22.3 Å². The SMILES string of the molecule is CNC(=O)[C@@H]1C[C@H](N)CN1C(=O)c1cc(-c2cccnc2)nc2ccc(C)cc12. The van der Waals surface area contributed by atoms with Gasteiger partial charge >= 0.3 is 0 Å². The van der Waals surface area contributed by atoms with Crippen LogP contribution in [0.25, 0.3) is 22.2 Å². The van der Waals surface area contributed by atoms with Gasteiger partial charge in [-0.1, -0.05) is 11.6 Å². The predicted molar refractivity (Wildman–Crippen MR) is 111 cm³/mol. The van der Waals surface area contributed by atoms with Gasteiger partial charge in [-0.15, -0.1) is 0 Å². The first-order chi connectivity index (χ1) is 14.0. The van der Waals surface area contributed by atoms with Crippen molar-refractivity contribution in [3.8, 4) is 11.3 Å². The first-order valence-corrected chi connectivity index (χ1v) is 9.58. The normalized spacial score (nSPS) is 18.8. The zero-order chi connectivity index (χ0) is 20.5. The molecule has 3 aromatic rings. The number of fused-ring (bicyclic) bond motifs is 1. The molecule has 7 heteroatoms. The van der Waals surface area contributed by atoms with Crippen molar-refractivity contribution in [2.24, 2.45) is 5.73 Å². The molecule has 0 unspecified atom stereocenters. The van der Waals surface area contributed by atoms with Gasteiger partial charge in [0.2, 0.25) is 5.91 Å². The second kappa shape index (κ2) is 7.60. The largest absolute Gasteiger partial charge is 0.357 e. The highest BCUT2D eigenvalue weighted by Crippen LogP contribution is 2.28. The Balaban J connectivity index is 1.86. The Morgan fingerprint density at radius 1 is 1.24 bits per heavy atom. The molecule has 2 amide bonds. The summed E-state index contributed by atoms with van der Waals surface area (Å²) in [6.45, 7) is 2.32. The first-order valence-electron chi connectivity index (χ1n) is 9.58. The minimum atomic E-state index is -0.572. The topological polar surface area (TPSA) is 101 Å². The Morgan fingerprint density at radius 2 is 2.07 bits per heavy atom. The number of aromatic nitrogens is 2. The number of nitrogens with zero attached hydrogens (tertiary/aromatic N) is 3. The van der Waals surface area contributed by atoms with Crippen LogP contribution < -0.4 is 11.1 Å². The van der Waals surface area contributed by atoms with E-state index in [0.29, 0.717) is 24.2 Å². The smallest absolute Gasteiger partial charge is 0.255 e. The van der Waals surface area contributed by atoms with Crippen LogP contribution in [-0.2, 0) is 4.79 Å². The summed E-state index contributed by atoms with van der Waals surface area (Å²) in [5, 5.41) is 3.40. The molecule has 1 saturated heterocycles. The lowest BCUT2D eigenvalue weighted by Gasteiger charge is -2.24. The molecule has 3 N–H and O–H groups in total. The maximum absolute atomic E-state index is 13.6. The quantitative estimate of drug-likeness (QED) is 0.712. The Kier molecular flexibility index (Phi) is 4.98. The number of pyridine rings is 2. The van der Waals surface area contributed by atoms with E-state index in [1.807, 2.05) is 37.3 Å². The van der Waals surface area contributed by atoms with Crippen molar-refractivity contribution in [3.63, 3.8) is 0 Å². The molecule has 4 rings (SSSR count). The second-order valence-corrected chi connectivity index (χ2v) is 7.40. The number of amides is 2. The lowest BCUT2D eigenvalue weighted by atomic mass is 10.0. The molecule has 1 aliphatic heterocycles. The minimum Gasteiger partial charge on any atom is -0.357 e. The molecule has 1 fully saturated rings. The summed E-state index contributed by atoms with van der Waals surface area (Å²) >= 11 is 0. The highest BCUT2D eigenvalue weighted by Gasteiger charge is 2.38. The average molecular weight is 389 g/mol. The molecule has 0 spiro atoms. The van der Waals surface area contributed by atoms with Crippen LogP contribution in [0.4, 0.5) is 0 Å². The predicted octanol–water partition coefficient (Wildman–Crippen LogP) is 1.89. The first kappa shape index (κ1) is 19.0. The van der Waals surface area contributed by atoms with Gasteiger partial charge in [-0.05, 0) is 43.7 Å². The molecule has 0 aliphatic carbocycles. The zero-order valence-corrected chi connectivity index (χ0v) is 16.4. The highest BCUT2D eigenvalue weighted by atomic mass is 16.2. The Morgan fingerprint density at radius 3 is 2.79 bits per heavy atom. The maximum Gasteiger partial charge on any atom is 0.255 e. The number of likely N-dealkylation sites (tertiary alicyclic amines) is 1. The summed E-state index contributed by atoms with van der Waals surface area (Å²) in [6, 6.07) is 10.6. The molecule has 7 nitrogen and oxygen atoms in total. The number of hydrogen-bond donors (Lipinski definition) is 2. The van der Waals surface area contributed by atoms with E-state index >= 15 is 0 Å². The third-order valence-electron chi connectivity index (χ3n) is 5.30. The Bertz CT molecular complexity index is 1080. The summed E-state index contributed by atoms with van der Waals surface area (Å²) in [4.78, 5) is 36.4. The van der Waals surface area contributed by atoms with Crippen molar-refractivity contribution in [1.29, 1.82) is 0 Å². The van der Waals surface area contributed by atoms with Gasteiger partial charge in [0, 0.05) is 43.0 Å². The van der Waals surface area contributed by atoms with Crippen molar-refractivity contribution >= 4 is 22.7 Å². The van der Waals surface area contributed by atoms with E-state index in [-0.39, 0.29) is 17.9 Å². The van der Waals surface area contributed by atoms with Gasteiger partial charge in [-0.2, -0.15) is 0 Å². The van der Waals surface area contributed by atoms with Crippen LogP contribution >= 0.6 is 0 Å². The fraction of sp³-hybridized carbons (Fsp3) is 0.273. The summed E-state index contributed by atoms with van der Waals surface area (Å²) < 4.78 is 0. The minimum absolute atomic E-state index is 0.201. The van der Waals surface area contributed by atoms with E-state index < -0.39 is 6.04 Å². The van der Waals surface area contributed by atoms with Gasteiger partial charge in [-0.25, -0.2) is 4.98 Å². The lowest BCUT2D eigenvalue weighted by molar-refractivity contribution is -0.124. The van der Waals surface area contributed by atoms with Gasteiger partial charge in [-0.3, -0.25) is 14.6 Å². The fourth-order valence-electron chi connectivity index (χ4n) is 3.84. The summed E-state index contributed by atoms with van der Waals surface area (Å²) in [5.41, 5.74) is 9.84. The second-order valence-electron chi connectivity index (χ2n) is 7.40. The van der Waals surface area contributed by atoms with E-state index in [2.05, 4.69) is 10.3 Å². The summed E-state index contributed by atoms with van der Waals surface area (Å²) in [7, 11) is 1.57. The van der Waals surface area contributed by atoms with E-state index in [4.69, 9.17) is 10.7 Å². The Labute approximate surface area is 168 Å². The fourth-order valence-corrected chi connectivity index (χ4v) is 3.84. The van der Waals surface area contributed by atoms with Crippen LogP contribution in [0, 0.1) is 6.92 Å². The van der Waals surface area contributed by atoms with Gasteiger partial charge in [0.15, 0.2) is 0 Å². The number of nitrogens with one attached hydrogen (secondary N) is 1. The average Bonchev–Trinajstić information content (AvgIpc) is 3.14.